The predicted octanol–water partition coefficient (Wildman–Crippen LogP) is 0.378. The van der Waals surface area contributed by atoms with E-state index in [1.54, 1.807) is 6.07 Å². The Kier molecular flexibility index (Phi) is 5.18. The highest BCUT2D eigenvalue weighted by atomic mass is 32.2. The maximum Gasteiger partial charge on any atom is 0.240 e. The zero-order valence-electron chi connectivity index (χ0n) is 12.4. The third-order valence-corrected chi connectivity index (χ3v) is 5.23. The molecule has 112 valence electrons. The van der Waals surface area contributed by atoms with E-state index < -0.39 is 10.0 Å². The molecule has 0 radical (unpaired) electrons. The Balaban J connectivity index is 2.02. The van der Waals surface area contributed by atoms with Crippen LogP contribution >= 0.6 is 0 Å². The Morgan fingerprint density at radius 1 is 1.15 bits per heavy atom. The van der Waals surface area contributed by atoms with Crippen LogP contribution in [0.5, 0.6) is 0 Å². The van der Waals surface area contributed by atoms with Crippen molar-refractivity contribution in [1.29, 1.82) is 0 Å². The second-order valence-corrected chi connectivity index (χ2v) is 7.61. The van der Waals surface area contributed by atoms with Crippen LogP contribution in [0.4, 0.5) is 0 Å². The van der Waals surface area contributed by atoms with Crippen molar-refractivity contribution in [2.24, 2.45) is 0 Å². The number of fused-ring (bicyclic) bond motifs is 1. The van der Waals surface area contributed by atoms with Gasteiger partial charge in [-0.1, -0.05) is 6.07 Å². The third-order valence-electron chi connectivity index (χ3n) is 3.78. The molecule has 0 amide bonds. The van der Waals surface area contributed by atoms with Crippen LogP contribution in [-0.4, -0.2) is 35.6 Å². The number of hydrogen-bond acceptors (Lipinski definition) is 2. The number of nitrogens with one attached hydrogen (secondary N) is 2. The third kappa shape index (κ3) is 4.04. The van der Waals surface area contributed by atoms with E-state index in [2.05, 4.69) is 18.8 Å². The summed E-state index contributed by atoms with van der Waals surface area (Å²) in [5.41, 5.74) is 2.52. The van der Waals surface area contributed by atoms with Crippen LogP contribution in [0.1, 0.15) is 30.4 Å². The molecule has 0 heterocycles. The molecule has 0 bridgehead atoms. The van der Waals surface area contributed by atoms with E-state index in [-0.39, 0.29) is 0 Å². The lowest BCUT2D eigenvalue weighted by atomic mass is 9.92. The molecule has 0 aromatic heterocycles. The van der Waals surface area contributed by atoms with Crippen LogP contribution in [0, 0.1) is 0 Å². The molecule has 0 aliphatic heterocycles. The Labute approximate surface area is 122 Å². The molecule has 1 aliphatic rings. The van der Waals surface area contributed by atoms with Crippen molar-refractivity contribution in [3.8, 4) is 0 Å². The molecule has 0 fully saturated rings. The van der Waals surface area contributed by atoms with E-state index in [1.807, 2.05) is 12.1 Å². The van der Waals surface area contributed by atoms with Crippen LogP contribution in [0.3, 0.4) is 0 Å². The lowest BCUT2D eigenvalue weighted by Crippen LogP contribution is -3.05. The van der Waals surface area contributed by atoms with Crippen molar-refractivity contribution < 1.29 is 13.3 Å². The van der Waals surface area contributed by atoms with Crippen molar-refractivity contribution in [2.75, 3.05) is 27.2 Å². The van der Waals surface area contributed by atoms with Gasteiger partial charge in [-0.15, -0.1) is 0 Å². The van der Waals surface area contributed by atoms with Gasteiger partial charge in [-0.25, -0.2) is 13.1 Å². The highest BCUT2D eigenvalue weighted by molar-refractivity contribution is 7.89. The Hall–Kier alpha value is -0.910. The number of rotatable bonds is 6. The molecule has 1 aromatic rings. The first-order chi connectivity index (χ1) is 9.49. The van der Waals surface area contributed by atoms with Crippen molar-refractivity contribution in [1.82, 2.24) is 4.72 Å². The lowest BCUT2D eigenvalue weighted by molar-refractivity contribution is -0.858. The first-order valence-electron chi connectivity index (χ1n) is 7.39. The first-order valence-corrected chi connectivity index (χ1v) is 8.88. The molecule has 2 N–H and O–H groups in total. The topological polar surface area (TPSA) is 50.6 Å². The van der Waals surface area contributed by atoms with Gasteiger partial charge in [-0.3, -0.25) is 0 Å². The highest BCUT2D eigenvalue weighted by Crippen LogP contribution is 2.23. The van der Waals surface area contributed by atoms with Crippen LogP contribution in [0.2, 0.25) is 0 Å². The molecule has 0 atom stereocenters. The van der Waals surface area contributed by atoms with Gasteiger partial charge in [0.15, 0.2) is 0 Å². The Morgan fingerprint density at radius 2 is 1.85 bits per heavy atom. The SMILES string of the molecule is C[NH+](C)CCCNS(=O)(=O)c1ccc2c(c1)CCCC2. The predicted molar refractivity (Wildman–Crippen MR) is 80.6 cm³/mol. The summed E-state index contributed by atoms with van der Waals surface area (Å²) in [5, 5.41) is 0. The fraction of sp³-hybridized carbons (Fsp3) is 0.600. The fourth-order valence-corrected chi connectivity index (χ4v) is 3.73. The molecule has 20 heavy (non-hydrogen) atoms. The van der Waals surface area contributed by atoms with E-state index in [4.69, 9.17) is 0 Å². The van der Waals surface area contributed by atoms with E-state index in [9.17, 15) is 8.42 Å². The van der Waals surface area contributed by atoms with Crippen molar-refractivity contribution in [3.63, 3.8) is 0 Å². The van der Waals surface area contributed by atoms with E-state index in [1.165, 1.54) is 22.4 Å². The summed E-state index contributed by atoms with van der Waals surface area (Å²) in [4.78, 5) is 1.74. The number of benzene rings is 1. The molecule has 0 saturated carbocycles. The van der Waals surface area contributed by atoms with Crippen molar-refractivity contribution in [2.45, 2.75) is 37.0 Å². The summed E-state index contributed by atoms with van der Waals surface area (Å²) in [5.74, 6) is 0. The van der Waals surface area contributed by atoms with E-state index in [0.29, 0.717) is 11.4 Å². The summed E-state index contributed by atoms with van der Waals surface area (Å²) in [6.45, 7) is 1.47. The monoisotopic (exact) mass is 297 g/mol. The summed E-state index contributed by atoms with van der Waals surface area (Å²) in [7, 11) is 0.784. The normalized spacial score (nSPS) is 15.3. The van der Waals surface area contributed by atoms with E-state index >= 15 is 0 Å². The smallest absolute Gasteiger partial charge is 0.240 e. The van der Waals surface area contributed by atoms with Crippen molar-refractivity contribution in [3.05, 3.63) is 29.3 Å². The number of sulfonamides is 1. The zero-order chi connectivity index (χ0) is 14.6. The molecule has 5 heteroatoms. The number of aryl methyl sites for hydroxylation is 2. The van der Waals surface area contributed by atoms with Crippen molar-refractivity contribution >= 4 is 10.0 Å². The standard InChI is InChI=1S/C15H24N2O2S/c1-17(2)11-5-10-16-20(18,19)15-9-8-13-6-3-4-7-14(13)12-15/h8-9,12,16H,3-7,10-11H2,1-2H3/p+1. The van der Waals surface area contributed by atoms with Crippen LogP contribution in [0.15, 0.2) is 23.1 Å². The number of quaternary nitrogens is 1. The van der Waals surface area contributed by atoms with Gasteiger partial charge in [0, 0.05) is 13.0 Å². The summed E-state index contributed by atoms with van der Waals surface area (Å²) in [6.07, 6.45) is 5.31. The largest absolute Gasteiger partial charge is 0.340 e. The quantitative estimate of drug-likeness (QED) is 0.746. The summed E-state index contributed by atoms with van der Waals surface area (Å²) < 4.78 is 27.2. The van der Waals surface area contributed by atoms with Gasteiger partial charge in [0.25, 0.3) is 0 Å². The molecular weight excluding hydrogens is 272 g/mol. The molecule has 1 aromatic carbocycles. The van der Waals surface area contributed by atoms with Crippen LogP contribution in [-0.2, 0) is 22.9 Å². The minimum Gasteiger partial charge on any atom is -0.340 e. The van der Waals surface area contributed by atoms with E-state index in [0.717, 1.165) is 32.2 Å². The average molecular weight is 297 g/mol. The van der Waals surface area contributed by atoms with Crippen LogP contribution in [0.25, 0.3) is 0 Å². The molecule has 1 aliphatic carbocycles. The second-order valence-electron chi connectivity index (χ2n) is 5.85. The second kappa shape index (κ2) is 6.70. The zero-order valence-corrected chi connectivity index (χ0v) is 13.2. The highest BCUT2D eigenvalue weighted by Gasteiger charge is 2.17. The average Bonchev–Trinajstić information content (AvgIpc) is 2.43. The van der Waals surface area contributed by atoms with Crippen LogP contribution < -0.4 is 9.62 Å². The Morgan fingerprint density at radius 3 is 2.55 bits per heavy atom. The molecule has 4 nitrogen and oxygen atoms in total. The maximum atomic E-state index is 12.2. The number of hydrogen-bond donors (Lipinski definition) is 2. The van der Waals surface area contributed by atoms with Gasteiger partial charge in [-0.05, 0) is 48.9 Å². The minimum absolute atomic E-state index is 0.412. The van der Waals surface area contributed by atoms with Gasteiger partial charge >= 0.3 is 0 Å². The summed E-state index contributed by atoms with van der Waals surface area (Å²) in [6, 6.07) is 5.57. The van der Waals surface area contributed by atoms with Gasteiger partial charge in [0.1, 0.15) is 0 Å². The molecule has 0 unspecified atom stereocenters. The van der Waals surface area contributed by atoms with Gasteiger partial charge in [0.2, 0.25) is 10.0 Å². The Bertz CT molecular complexity index is 553. The molecule has 0 spiro atoms. The minimum atomic E-state index is -3.35. The van der Waals surface area contributed by atoms with Gasteiger partial charge in [-0.2, -0.15) is 0 Å². The van der Waals surface area contributed by atoms with Gasteiger partial charge in [0.05, 0.1) is 25.5 Å². The fourth-order valence-electron chi connectivity index (χ4n) is 2.61. The lowest BCUT2D eigenvalue weighted by Gasteiger charge is -2.16. The molecule has 2 rings (SSSR count). The maximum absolute atomic E-state index is 12.2. The first kappa shape index (κ1) is 15.5. The van der Waals surface area contributed by atoms with Gasteiger partial charge < -0.3 is 4.90 Å². The molecular formula is C15H25N2O2S+. The molecule has 0 saturated heterocycles. The summed E-state index contributed by atoms with van der Waals surface area (Å²) >= 11 is 0.